The number of hydrogen-bond donors (Lipinski definition) is 2. The van der Waals surface area contributed by atoms with Gasteiger partial charge >= 0.3 is 6.09 Å². The van der Waals surface area contributed by atoms with Crippen LogP contribution in [0.2, 0.25) is 0 Å². The molecule has 0 aromatic carbocycles. The van der Waals surface area contributed by atoms with Crippen molar-refractivity contribution in [1.82, 2.24) is 19.7 Å². The minimum absolute atomic E-state index is 0.338. The van der Waals surface area contributed by atoms with Crippen LogP contribution in [0.1, 0.15) is 0 Å². The van der Waals surface area contributed by atoms with Crippen molar-refractivity contribution in [2.45, 2.75) is 0 Å². The van der Waals surface area contributed by atoms with E-state index < -0.39 is 6.09 Å². The Bertz CT molecular complexity index is 685. The van der Waals surface area contributed by atoms with Crippen LogP contribution in [-0.2, 0) is 0 Å². The first kappa shape index (κ1) is 9.59. The first-order valence-corrected chi connectivity index (χ1v) is 4.98. The molecule has 0 saturated heterocycles. The maximum absolute atomic E-state index is 11.0. The lowest BCUT2D eigenvalue weighted by Gasteiger charge is -1.91. The Morgan fingerprint density at radius 1 is 1.35 bits per heavy atom. The van der Waals surface area contributed by atoms with E-state index in [1.54, 1.807) is 24.5 Å². The standard InChI is InChI=1S/C11H8N4O2/c16-11(17)15-10-7(3-1-6-13-10)9(14-15)8-4-2-5-12-8/h1-6,12H,(H,16,17). The van der Waals surface area contributed by atoms with Gasteiger partial charge in [0.1, 0.15) is 5.69 Å². The molecule has 0 bridgehead atoms. The van der Waals surface area contributed by atoms with Crippen LogP contribution in [-0.4, -0.2) is 30.9 Å². The summed E-state index contributed by atoms with van der Waals surface area (Å²) in [4.78, 5) is 18.1. The average molecular weight is 228 g/mol. The molecule has 0 spiro atoms. The summed E-state index contributed by atoms with van der Waals surface area (Å²) in [6, 6.07) is 7.21. The topological polar surface area (TPSA) is 83.8 Å². The number of carbonyl (C=O) groups is 1. The molecule has 0 aliphatic rings. The lowest BCUT2D eigenvalue weighted by atomic mass is 10.2. The molecular formula is C11H8N4O2. The Balaban J connectivity index is 2.37. The van der Waals surface area contributed by atoms with Gasteiger partial charge in [-0.25, -0.2) is 9.78 Å². The summed E-state index contributed by atoms with van der Waals surface area (Å²) >= 11 is 0. The van der Waals surface area contributed by atoms with Crippen LogP contribution in [0.5, 0.6) is 0 Å². The van der Waals surface area contributed by atoms with E-state index in [1.165, 1.54) is 0 Å². The monoisotopic (exact) mass is 228 g/mol. The van der Waals surface area contributed by atoms with E-state index in [4.69, 9.17) is 5.11 Å². The largest absolute Gasteiger partial charge is 0.463 e. The van der Waals surface area contributed by atoms with Crippen molar-refractivity contribution >= 4 is 17.1 Å². The zero-order valence-corrected chi connectivity index (χ0v) is 8.66. The van der Waals surface area contributed by atoms with E-state index in [-0.39, 0.29) is 0 Å². The van der Waals surface area contributed by atoms with Gasteiger partial charge in [0.05, 0.1) is 5.69 Å². The van der Waals surface area contributed by atoms with Crippen LogP contribution < -0.4 is 0 Å². The number of rotatable bonds is 1. The second kappa shape index (κ2) is 3.44. The molecule has 3 aromatic rings. The highest BCUT2D eigenvalue weighted by Gasteiger charge is 2.16. The van der Waals surface area contributed by atoms with Gasteiger partial charge in [0.25, 0.3) is 0 Å². The second-order valence-corrected chi connectivity index (χ2v) is 3.50. The van der Waals surface area contributed by atoms with Crippen molar-refractivity contribution in [1.29, 1.82) is 0 Å². The Kier molecular flexibility index (Phi) is 1.94. The van der Waals surface area contributed by atoms with Crippen LogP contribution in [0.3, 0.4) is 0 Å². The number of nitrogens with one attached hydrogen (secondary N) is 1. The van der Waals surface area contributed by atoms with Gasteiger partial charge in [0, 0.05) is 17.8 Å². The van der Waals surface area contributed by atoms with E-state index in [1.807, 2.05) is 12.1 Å². The fourth-order valence-corrected chi connectivity index (χ4v) is 1.76. The van der Waals surface area contributed by atoms with Gasteiger partial charge in [-0.3, -0.25) is 0 Å². The maximum Gasteiger partial charge on any atom is 0.434 e. The number of nitrogens with zero attached hydrogens (tertiary/aromatic N) is 3. The van der Waals surface area contributed by atoms with Crippen LogP contribution >= 0.6 is 0 Å². The van der Waals surface area contributed by atoms with E-state index >= 15 is 0 Å². The molecule has 0 aliphatic heterocycles. The van der Waals surface area contributed by atoms with Crippen molar-refractivity contribution in [3.8, 4) is 11.4 Å². The molecule has 3 aromatic heterocycles. The van der Waals surface area contributed by atoms with Gasteiger partial charge in [-0.05, 0) is 24.3 Å². The lowest BCUT2D eigenvalue weighted by molar-refractivity contribution is 0.194. The molecule has 0 radical (unpaired) electrons. The molecule has 2 N–H and O–H groups in total. The Labute approximate surface area is 95.5 Å². The number of carboxylic acid groups (broad SMARTS) is 1. The fraction of sp³-hybridized carbons (Fsp3) is 0. The molecule has 3 rings (SSSR count). The maximum atomic E-state index is 11.0. The third-order valence-electron chi connectivity index (χ3n) is 2.48. The first-order valence-electron chi connectivity index (χ1n) is 4.98. The van der Waals surface area contributed by atoms with Gasteiger partial charge in [-0.15, -0.1) is 4.68 Å². The van der Waals surface area contributed by atoms with Crippen molar-refractivity contribution < 1.29 is 9.90 Å². The number of aromatic amines is 1. The van der Waals surface area contributed by atoms with Crippen molar-refractivity contribution in [3.63, 3.8) is 0 Å². The molecule has 0 amide bonds. The number of fused-ring (bicyclic) bond motifs is 1. The van der Waals surface area contributed by atoms with E-state index in [0.29, 0.717) is 16.7 Å². The summed E-state index contributed by atoms with van der Waals surface area (Å²) in [6.45, 7) is 0. The molecule has 84 valence electrons. The predicted octanol–water partition coefficient (Wildman–Crippen LogP) is 1.95. The van der Waals surface area contributed by atoms with Crippen LogP contribution in [0, 0.1) is 0 Å². The van der Waals surface area contributed by atoms with Crippen molar-refractivity contribution in [2.75, 3.05) is 0 Å². The predicted molar refractivity (Wildman–Crippen MR) is 60.7 cm³/mol. The zero-order valence-electron chi connectivity index (χ0n) is 8.66. The summed E-state index contributed by atoms with van der Waals surface area (Å²) in [6.07, 6.45) is 2.16. The van der Waals surface area contributed by atoms with Crippen LogP contribution in [0.15, 0.2) is 36.7 Å². The molecule has 0 aliphatic carbocycles. The van der Waals surface area contributed by atoms with E-state index in [0.717, 1.165) is 10.4 Å². The summed E-state index contributed by atoms with van der Waals surface area (Å²) < 4.78 is 0.880. The molecule has 6 heteroatoms. The summed E-state index contributed by atoms with van der Waals surface area (Å²) in [7, 11) is 0. The molecule has 17 heavy (non-hydrogen) atoms. The Morgan fingerprint density at radius 2 is 2.24 bits per heavy atom. The summed E-state index contributed by atoms with van der Waals surface area (Å²) in [5.41, 5.74) is 1.69. The fourth-order valence-electron chi connectivity index (χ4n) is 1.76. The summed E-state index contributed by atoms with van der Waals surface area (Å²) in [5, 5.41) is 13.8. The quantitative estimate of drug-likeness (QED) is 0.666. The number of hydrogen-bond acceptors (Lipinski definition) is 3. The minimum atomic E-state index is -1.15. The smallest absolute Gasteiger partial charge is 0.434 e. The molecule has 3 heterocycles. The average Bonchev–Trinajstić information content (AvgIpc) is 2.95. The van der Waals surface area contributed by atoms with Crippen LogP contribution in [0.4, 0.5) is 4.79 Å². The highest BCUT2D eigenvalue weighted by Crippen LogP contribution is 2.24. The van der Waals surface area contributed by atoms with Crippen LogP contribution in [0.25, 0.3) is 22.4 Å². The number of aromatic nitrogens is 4. The summed E-state index contributed by atoms with van der Waals surface area (Å²) in [5.74, 6) is 0. The minimum Gasteiger partial charge on any atom is -0.463 e. The Morgan fingerprint density at radius 3 is 2.94 bits per heavy atom. The van der Waals surface area contributed by atoms with Gasteiger partial charge in [0.2, 0.25) is 0 Å². The van der Waals surface area contributed by atoms with Gasteiger partial charge in [0.15, 0.2) is 5.65 Å². The highest BCUT2D eigenvalue weighted by molar-refractivity contribution is 5.94. The van der Waals surface area contributed by atoms with Gasteiger partial charge in [-0.1, -0.05) is 0 Å². The normalized spacial score (nSPS) is 10.8. The zero-order chi connectivity index (χ0) is 11.8. The molecular weight excluding hydrogens is 220 g/mol. The Hall–Kier alpha value is -2.63. The second-order valence-electron chi connectivity index (χ2n) is 3.50. The van der Waals surface area contributed by atoms with Gasteiger partial charge < -0.3 is 10.1 Å². The highest BCUT2D eigenvalue weighted by atomic mass is 16.4. The molecule has 0 fully saturated rings. The first-order chi connectivity index (χ1) is 8.27. The lowest BCUT2D eigenvalue weighted by Crippen LogP contribution is -2.10. The number of pyridine rings is 1. The van der Waals surface area contributed by atoms with E-state index in [9.17, 15) is 4.79 Å². The number of H-pyrrole nitrogens is 1. The van der Waals surface area contributed by atoms with E-state index in [2.05, 4.69) is 15.1 Å². The van der Waals surface area contributed by atoms with Gasteiger partial charge in [-0.2, -0.15) is 5.10 Å². The SMILES string of the molecule is O=C(O)n1nc(-c2ccc[nH]2)c2cccnc21. The van der Waals surface area contributed by atoms with Crippen molar-refractivity contribution in [2.24, 2.45) is 0 Å². The third kappa shape index (κ3) is 1.38. The molecule has 0 unspecified atom stereocenters. The molecule has 0 saturated carbocycles. The molecule has 0 atom stereocenters. The molecule has 6 nitrogen and oxygen atoms in total. The third-order valence-corrected chi connectivity index (χ3v) is 2.48. The van der Waals surface area contributed by atoms with Crippen molar-refractivity contribution in [3.05, 3.63) is 36.7 Å².